The molecule has 1 saturated heterocycles. The van der Waals surface area contributed by atoms with Crippen molar-refractivity contribution in [1.29, 1.82) is 0 Å². The van der Waals surface area contributed by atoms with Crippen LogP contribution in [-0.4, -0.2) is 56.6 Å². The Balaban J connectivity index is 1.72. The van der Waals surface area contributed by atoms with Gasteiger partial charge in [0.2, 0.25) is 5.91 Å². The maximum Gasteiger partial charge on any atom is 0.233 e. The first-order valence-corrected chi connectivity index (χ1v) is 9.48. The number of para-hydroxylation sites is 1. The average molecular weight is 360 g/mol. The molecule has 2 atom stereocenters. The number of benzene rings is 1. The van der Waals surface area contributed by atoms with Crippen molar-refractivity contribution in [3.05, 3.63) is 35.7 Å². The minimum Gasteiger partial charge on any atom is -0.372 e. The van der Waals surface area contributed by atoms with Crippen LogP contribution in [0.4, 0.5) is 0 Å². The largest absolute Gasteiger partial charge is 0.372 e. The zero-order chi connectivity index (χ0) is 18.0. The molecule has 2 aromatic rings. The Morgan fingerprint density at radius 3 is 2.56 bits per heavy atom. The number of amides is 1. The van der Waals surface area contributed by atoms with Gasteiger partial charge in [0.25, 0.3) is 0 Å². The molecular weight excluding hydrogens is 336 g/mol. The van der Waals surface area contributed by atoms with Crippen LogP contribution in [0.15, 0.2) is 29.4 Å². The summed E-state index contributed by atoms with van der Waals surface area (Å²) in [6, 6.07) is 8.11. The third-order valence-corrected chi connectivity index (χ3v) is 5.16. The van der Waals surface area contributed by atoms with Crippen molar-refractivity contribution in [3.8, 4) is 5.69 Å². The van der Waals surface area contributed by atoms with Crippen molar-refractivity contribution in [1.82, 2.24) is 19.7 Å². The van der Waals surface area contributed by atoms with Gasteiger partial charge in [-0.2, -0.15) is 0 Å². The molecule has 0 aliphatic carbocycles. The highest BCUT2D eigenvalue weighted by Gasteiger charge is 2.26. The standard InChI is InChI=1S/C18H24N4O2S/c1-12-7-5-6-8-16(12)22-15(4)19-20-18(22)25-11-17(23)21-9-13(2)24-14(3)10-21/h5-8,13-14H,9-11H2,1-4H3. The van der Waals surface area contributed by atoms with Gasteiger partial charge in [0, 0.05) is 13.1 Å². The van der Waals surface area contributed by atoms with Crippen LogP contribution in [0.1, 0.15) is 25.2 Å². The summed E-state index contributed by atoms with van der Waals surface area (Å²) in [5, 5.41) is 9.20. The molecule has 134 valence electrons. The van der Waals surface area contributed by atoms with Crippen molar-refractivity contribution < 1.29 is 9.53 Å². The van der Waals surface area contributed by atoms with Gasteiger partial charge in [-0.05, 0) is 39.3 Å². The van der Waals surface area contributed by atoms with Gasteiger partial charge in [-0.25, -0.2) is 0 Å². The normalized spacial score (nSPS) is 20.7. The summed E-state index contributed by atoms with van der Waals surface area (Å²) >= 11 is 1.43. The summed E-state index contributed by atoms with van der Waals surface area (Å²) < 4.78 is 7.71. The van der Waals surface area contributed by atoms with Crippen molar-refractivity contribution in [2.75, 3.05) is 18.8 Å². The Hall–Kier alpha value is -1.86. The highest BCUT2D eigenvalue weighted by atomic mass is 32.2. The highest BCUT2D eigenvalue weighted by molar-refractivity contribution is 7.99. The molecule has 1 amide bonds. The molecule has 0 radical (unpaired) electrons. The predicted octanol–water partition coefficient (Wildman–Crippen LogP) is 2.61. The van der Waals surface area contributed by atoms with E-state index in [-0.39, 0.29) is 18.1 Å². The Morgan fingerprint density at radius 1 is 1.20 bits per heavy atom. The van der Waals surface area contributed by atoms with Gasteiger partial charge in [-0.15, -0.1) is 10.2 Å². The fraction of sp³-hybridized carbons (Fsp3) is 0.500. The van der Waals surface area contributed by atoms with Crippen molar-refractivity contribution in [2.24, 2.45) is 0 Å². The molecule has 3 rings (SSSR count). The van der Waals surface area contributed by atoms with E-state index < -0.39 is 0 Å². The zero-order valence-corrected chi connectivity index (χ0v) is 15.9. The molecule has 1 aromatic heterocycles. The number of hydrogen-bond donors (Lipinski definition) is 0. The number of nitrogens with zero attached hydrogens (tertiary/aromatic N) is 4. The summed E-state index contributed by atoms with van der Waals surface area (Å²) in [4.78, 5) is 14.5. The van der Waals surface area contributed by atoms with Crippen LogP contribution in [0.3, 0.4) is 0 Å². The number of carbonyl (C=O) groups is 1. The van der Waals surface area contributed by atoms with Crippen molar-refractivity contribution in [3.63, 3.8) is 0 Å². The van der Waals surface area contributed by atoms with E-state index in [9.17, 15) is 4.79 Å². The molecule has 0 spiro atoms. The van der Waals surface area contributed by atoms with Gasteiger partial charge < -0.3 is 9.64 Å². The number of morpholine rings is 1. The third-order valence-electron chi connectivity index (χ3n) is 4.25. The van der Waals surface area contributed by atoms with Gasteiger partial charge in [-0.1, -0.05) is 30.0 Å². The summed E-state index contributed by atoms with van der Waals surface area (Å²) in [5.74, 6) is 1.28. The highest BCUT2D eigenvalue weighted by Crippen LogP contribution is 2.24. The molecule has 1 aliphatic heterocycles. The average Bonchev–Trinajstić information content (AvgIpc) is 2.93. The lowest BCUT2D eigenvalue weighted by atomic mass is 10.2. The SMILES string of the molecule is Cc1ccccc1-n1c(C)nnc1SCC(=O)N1CC(C)OC(C)C1. The fourth-order valence-electron chi connectivity index (χ4n) is 3.13. The van der Waals surface area contributed by atoms with Crippen LogP contribution in [0.2, 0.25) is 0 Å². The van der Waals surface area contributed by atoms with Gasteiger partial charge in [0.05, 0.1) is 23.6 Å². The number of carbonyl (C=O) groups excluding carboxylic acids is 1. The van der Waals surface area contributed by atoms with E-state index in [1.165, 1.54) is 11.8 Å². The zero-order valence-electron chi connectivity index (χ0n) is 15.1. The minimum absolute atomic E-state index is 0.0792. The van der Waals surface area contributed by atoms with E-state index in [0.29, 0.717) is 18.8 Å². The fourth-order valence-corrected chi connectivity index (χ4v) is 4.02. The van der Waals surface area contributed by atoms with Crippen LogP contribution < -0.4 is 0 Å². The maximum atomic E-state index is 12.6. The van der Waals surface area contributed by atoms with Crippen LogP contribution in [-0.2, 0) is 9.53 Å². The quantitative estimate of drug-likeness (QED) is 0.785. The van der Waals surface area contributed by atoms with E-state index in [0.717, 1.165) is 22.2 Å². The molecule has 0 N–H and O–H groups in total. The van der Waals surface area contributed by atoms with E-state index >= 15 is 0 Å². The summed E-state index contributed by atoms with van der Waals surface area (Å²) in [5.41, 5.74) is 2.20. The van der Waals surface area contributed by atoms with Crippen LogP contribution in [0, 0.1) is 13.8 Å². The molecular formula is C18H24N4O2S. The van der Waals surface area contributed by atoms with E-state index in [2.05, 4.69) is 23.2 Å². The Kier molecular flexibility index (Phi) is 5.44. The molecule has 1 fully saturated rings. The van der Waals surface area contributed by atoms with Gasteiger partial charge in [0.15, 0.2) is 5.16 Å². The van der Waals surface area contributed by atoms with Crippen LogP contribution in [0.25, 0.3) is 5.69 Å². The van der Waals surface area contributed by atoms with Crippen LogP contribution in [0.5, 0.6) is 0 Å². The molecule has 2 heterocycles. The topological polar surface area (TPSA) is 60.2 Å². The monoisotopic (exact) mass is 360 g/mol. The number of thioether (sulfide) groups is 1. The number of rotatable bonds is 4. The second kappa shape index (κ2) is 7.58. The van der Waals surface area contributed by atoms with E-state index in [1.807, 2.05) is 48.4 Å². The second-order valence-corrected chi connectivity index (χ2v) is 7.44. The number of hydrogen-bond acceptors (Lipinski definition) is 5. The van der Waals surface area contributed by atoms with Crippen molar-refractivity contribution >= 4 is 17.7 Å². The Bertz CT molecular complexity index is 751. The summed E-state index contributed by atoms with van der Waals surface area (Å²) in [6.07, 6.45) is 0.158. The van der Waals surface area contributed by atoms with Gasteiger partial charge in [0.1, 0.15) is 5.82 Å². The lowest BCUT2D eigenvalue weighted by Crippen LogP contribution is -2.48. The first kappa shape index (κ1) is 17.9. The first-order chi connectivity index (χ1) is 12.0. The minimum atomic E-state index is 0.0792. The first-order valence-electron chi connectivity index (χ1n) is 8.49. The number of aromatic nitrogens is 3. The molecule has 0 saturated carbocycles. The van der Waals surface area contributed by atoms with Gasteiger partial charge >= 0.3 is 0 Å². The van der Waals surface area contributed by atoms with E-state index in [1.54, 1.807) is 0 Å². The van der Waals surface area contributed by atoms with Gasteiger partial charge in [-0.3, -0.25) is 9.36 Å². The van der Waals surface area contributed by atoms with E-state index in [4.69, 9.17) is 4.74 Å². The summed E-state index contributed by atoms with van der Waals surface area (Å²) in [7, 11) is 0. The molecule has 1 aliphatic rings. The maximum absolute atomic E-state index is 12.6. The van der Waals surface area contributed by atoms with Crippen LogP contribution >= 0.6 is 11.8 Å². The second-order valence-electron chi connectivity index (χ2n) is 6.50. The molecule has 6 nitrogen and oxygen atoms in total. The Labute approximate surface area is 152 Å². The number of aryl methyl sites for hydroxylation is 2. The summed E-state index contributed by atoms with van der Waals surface area (Å²) in [6.45, 7) is 9.28. The lowest BCUT2D eigenvalue weighted by molar-refractivity contribution is -0.140. The predicted molar refractivity (Wildman–Crippen MR) is 98.1 cm³/mol. The molecule has 1 aromatic carbocycles. The molecule has 25 heavy (non-hydrogen) atoms. The smallest absolute Gasteiger partial charge is 0.233 e. The van der Waals surface area contributed by atoms with Crippen molar-refractivity contribution in [2.45, 2.75) is 45.1 Å². The number of ether oxygens (including phenoxy) is 1. The lowest BCUT2D eigenvalue weighted by Gasteiger charge is -2.35. The third kappa shape index (κ3) is 4.04. The molecule has 0 bridgehead atoms. The molecule has 2 unspecified atom stereocenters. The molecule has 7 heteroatoms. The Morgan fingerprint density at radius 2 is 1.88 bits per heavy atom.